The molecule has 0 radical (unpaired) electrons. The van der Waals surface area contributed by atoms with E-state index in [2.05, 4.69) is 38.0 Å². The SMILES string of the molecule is CCNC(c1c(C)ccnc1N)C(C)(CC)OCC. The van der Waals surface area contributed by atoms with E-state index in [9.17, 15) is 0 Å². The Morgan fingerprint density at radius 2 is 2.11 bits per heavy atom. The zero-order valence-electron chi connectivity index (χ0n) is 12.8. The van der Waals surface area contributed by atoms with E-state index >= 15 is 0 Å². The maximum absolute atomic E-state index is 6.09. The minimum Gasteiger partial charge on any atom is -0.383 e. The predicted molar refractivity (Wildman–Crippen MR) is 80.1 cm³/mol. The molecule has 0 aliphatic carbocycles. The zero-order valence-corrected chi connectivity index (χ0v) is 12.8. The van der Waals surface area contributed by atoms with E-state index in [1.165, 1.54) is 0 Å². The van der Waals surface area contributed by atoms with Crippen LogP contribution in [0.25, 0.3) is 0 Å². The maximum atomic E-state index is 6.09. The molecule has 0 aliphatic rings. The largest absolute Gasteiger partial charge is 0.383 e. The summed E-state index contributed by atoms with van der Waals surface area (Å²) >= 11 is 0. The van der Waals surface area contributed by atoms with Crippen molar-refractivity contribution in [3.05, 3.63) is 23.4 Å². The summed E-state index contributed by atoms with van der Waals surface area (Å²) in [5, 5.41) is 3.51. The van der Waals surface area contributed by atoms with Crippen molar-refractivity contribution >= 4 is 5.82 Å². The Hall–Kier alpha value is -1.13. The summed E-state index contributed by atoms with van der Waals surface area (Å²) in [7, 11) is 0. The van der Waals surface area contributed by atoms with Crippen LogP contribution in [-0.4, -0.2) is 23.7 Å². The van der Waals surface area contributed by atoms with E-state index in [0.29, 0.717) is 12.4 Å². The van der Waals surface area contributed by atoms with Gasteiger partial charge in [-0.1, -0.05) is 13.8 Å². The van der Waals surface area contributed by atoms with Crippen LogP contribution < -0.4 is 11.1 Å². The Kier molecular flexibility index (Phi) is 5.76. The van der Waals surface area contributed by atoms with Gasteiger partial charge in [0.2, 0.25) is 0 Å². The van der Waals surface area contributed by atoms with Crippen molar-refractivity contribution in [3.63, 3.8) is 0 Å². The van der Waals surface area contributed by atoms with Gasteiger partial charge < -0.3 is 15.8 Å². The Morgan fingerprint density at radius 3 is 2.58 bits per heavy atom. The van der Waals surface area contributed by atoms with E-state index in [1.54, 1.807) is 6.20 Å². The van der Waals surface area contributed by atoms with Gasteiger partial charge in [0.15, 0.2) is 0 Å². The molecule has 0 saturated heterocycles. The number of anilines is 1. The molecular weight excluding hydrogens is 238 g/mol. The number of nitrogens with one attached hydrogen (secondary N) is 1. The molecule has 4 heteroatoms. The first-order chi connectivity index (χ1) is 9.00. The zero-order chi connectivity index (χ0) is 14.5. The van der Waals surface area contributed by atoms with Gasteiger partial charge in [0, 0.05) is 18.4 Å². The molecule has 0 aliphatic heterocycles. The molecule has 19 heavy (non-hydrogen) atoms. The standard InChI is InChI=1S/C15H27N3O/c1-6-15(5,19-8-3)13(17-7-2)12-11(4)9-10-18-14(12)16/h9-10,13,17H,6-8H2,1-5H3,(H2,16,18). The van der Waals surface area contributed by atoms with Crippen molar-refractivity contribution in [2.24, 2.45) is 0 Å². The minimum atomic E-state index is -0.285. The number of pyridine rings is 1. The maximum Gasteiger partial charge on any atom is 0.128 e. The fourth-order valence-corrected chi connectivity index (χ4v) is 2.51. The van der Waals surface area contributed by atoms with Crippen molar-refractivity contribution < 1.29 is 4.74 Å². The van der Waals surface area contributed by atoms with Crippen molar-refractivity contribution in [1.29, 1.82) is 0 Å². The quantitative estimate of drug-likeness (QED) is 0.796. The van der Waals surface area contributed by atoms with Crippen molar-refractivity contribution in [2.75, 3.05) is 18.9 Å². The van der Waals surface area contributed by atoms with Crippen LogP contribution in [0.4, 0.5) is 5.82 Å². The third-order valence-corrected chi connectivity index (χ3v) is 3.72. The normalized spacial score (nSPS) is 16.1. The van der Waals surface area contributed by atoms with E-state index in [4.69, 9.17) is 10.5 Å². The Labute approximate surface area is 116 Å². The number of likely N-dealkylation sites (N-methyl/N-ethyl adjacent to an activating group) is 1. The number of aryl methyl sites for hydroxylation is 1. The number of aromatic nitrogens is 1. The predicted octanol–water partition coefficient (Wildman–Crippen LogP) is 2.83. The molecular formula is C15H27N3O. The van der Waals surface area contributed by atoms with Gasteiger partial charge in [0.25, 0.3) is 0 Å². The molecule has 0 amide bonds. The highest BCUT2D eigenvalue weighted by atomic mass is 16.5. The van der Waals surface area contributed by atoms with Crippen LogP contribution in [0.15, 0.2) is 12.3 Å². The van der Waals surface area contributed by atoms with Crippen LogP contribution in [0.1, 0.15) is 51.3 Å². The molecule has 0 spiro atoms. The summed E-state index contributed by atoms with van der Waals surface area (Å²) < 4.78 is 6.01. The molecule has 2 atom stereocenters. The summed E-state index contributed by atoms with van der Waals surface area (Å²) in [5.41, 5.74) is 8.02. The first-order valence-electron chi connectivity index (χ1n) is 7.08. The van der Waals surface area contributed by atoms with Gasteiger partial charge >= 0.3 is 0 Å². The van der Waals surface area contributed by atoms with Crippen LogP contribution in [0.2, 0.25) is 0 Å². The van der Waals surface area contributed by atoms with Gasteiger partial charge in [-0.15, -0.1) is 0 Å². The van der Waals surface area contributed by atoms with Gasteiger partial charge in [-0.3, -0.25) is 0 Å². The number of nitrogen functional groups attached to an aromatic ring is 1. The number of ether oxygens (including phenoxy) is 1. The molecule has 1 aromatic heterocycles. The van der Waals surface area contributed by atoms with Crippen LogP contribution in [0.3, 0.4) is 0 Å². The van der Waals surface area contributed by atoms with Gasteiger partial charge in [-0.25, -0.2) is 4.98 Å². The summed E-state index contributed by atoms with van der Waals surface area (Å²) in [6.07, 6.45) is 2.66. The molecule has 2 unspecified atom stereocenters. The second kappa shape index (κ2) is 6.87. The first-order valence-corrected chi connectivity index (χ1v) is 7.08. The lowest BCUT2D eigenvalue weighted by Gasteiger charge is -2.38. The van der Waals surface area contributed by atoms with Crippen molar-refractivity contribution in [3.8, 4) is 0 Å². The van der Waals surface area contributed by atoms with Crippen LogP contribution in [-0.2, 0) is 4.74 Å². The van der Waals surface area contributed by atoms with E-state index in [1.807, 2.05) is 13.0 Å². The summed E-state index contributed by atoms with van der Waals surface area (Å²) in [6, 6.07) is 2.05. The molecule has 4 nitrogen and oxygen atoms in total. The highest BCUT2D eigenvalue weighted by Gasteiger charge is 2.36. The molecule has 1 heterocycles. The lowest BCUT2D eigenvalue weighted by atomic mass is 9.85. The fourth-order valence-electron chi connectivity index (χ4n) is 2.51. The molecule has 1 rings (SSSR count). The summed E-state index contributed by atoms with van der Waals surface area (Å²) in [6.45, 7) is 12.0. The Morgan fingerprint density at radius 1 is 1.42 bits per heavy atom. The molecule has 0 bridgehead atoms. The van der Waals surface area contributed by atoms with Gasteiger partial charge in [-0.2, -0.15) is 0 Å². The number of nitrogens with two attached hydrogens (primary N) is 1. The average molecular weight is 265 g/mol. The monoisotopic (exact) mass is 265 g/mol. The fraction of sp³-hybridized carbons (Fsp3) is 0.667. The molecule has 0 saturated carbocycles. The number of hydrogen-bond acceptors (Lipinski definition) is 4. The van der Waals surface area contributed by atoms with Crippen molar-refractivity contribution in [1.82, 2.24) is 10.3 Å². The summed E-state index contributed by atoms with van der Waals surface area (Å²) in [5.74, 6) is 0.588. The third-order valence-electron chi connectivity index (χ3n) is 3.72. The average Bonchev–Trinajstić information content (AvgIpc) is 2.37. The number of rotatable bonds is 7. The van der Waals surface area contributed by atoms with Gasteiger partial charge in [-0.05, 0) is 45.4 Å². The second-order valence-corrected chi connectivity index (χ2v) is 5.02. The second-order valence-electron chi connectivity index (χ2n) is 5.02. The lowest BCUT2D eigenvalue weighted by molar-refractivity contribution is -0.0560. The molecule has 0 aromatic carbocycles. The highest BCUT2D eigenvalue weighted by molar-refractivity contribution is 5.47. The third kappa shape index (κ3) is 3.45. The molecule has 108 valence electrons. The van der Waals surface area contributed by atoms with Gasteiger partial charge in [0.1, 0.15) is 5.82 Å². The summed E-state index contributed by atoms with van der Waals surface area (Å²) in [4.78, 5) is 4.23. The van der Waals surface area contributed by atoms with Crippen LogP contribution in [0, 0.1) is 6.92 Å². The molecule has 0 fully saturated rings. The topological polar surface area (TPSA) is 60.2 Å². The van der Waals surface area contributed by atoms with E-state index < -0.39 is 0 Å². The first kappa shape index (κ1) is 15.9. The number of nitrogens with zero attached hydrogens (tertiary/aromatic N) is 1. The van der Waals surface area contributed by atoms with Crippen LogP contribution >= 0.6 is 0 Å². The van der Waals surface area contributed by atoms with Crippen molar-refractivity contribution in [2.45, 2.75) is 52.7 Å². The Balaban J connectivity index is 3.26. The van der Waals surface area contributed by atoms with E-state index in [-0.39, 0.29) is 11.6 Å². The van der Waals surface area contributed by atoms with Gasteiger partial charge in [0.05, 0.1) is 11.6 Å². The molecule has 3 N–H and O–H groups in total. The Bertz CT molecular complexity index is 388. The minimum absolute atomic E-state index is 0.0520. The smallest absolute Gasteiger partial charge is 0.128 e. The number of hydrogen-bond donors (Lipinski definition) is 2. The van der Waals surface area contributed by atoms with Crippen LogP contribution in [0.5, 0.6) is 0 Å². The highest BCUT2D eigenvalue weighted by Crippen LogP contribution is 2.35. The lowest BCUT2D eigenvalue weighted by Crippen LogP contribution is -2.44. The molecule has 1 aromatic rings. The van der Waals surface area contributed by atoms with E-state index in [0.717, 1.165) is 24.1 Å².